The van der Waals surface area contributed by atoms with Gasteiger partial charge in [0.25, 0.3) is 0 Å². The van der Waals surface area contributed by atoms with Crippen molar-refractivity contribution >= 4 is 11.9 Å². The topological polar surface area (TPSA) is 99.2 Å². The van der Waals surface area contributed by atoms with E-state index in [1.54, 1.807) is 12.1 Å². The molecule has 0 unspecified atom stereocenters. The summed E-state index contributed by atoms with van der Waals surface area (Å²) in [4.78, 5) is 10.6. The summed E-state index contributed by atoms with van der Waals surface area (Å²) in [6, 6.07) is 6.47. The molecule has 0 aliphatic carbocycles. The Bertz CT molecular complexity index is 363. The third-order valence-electron chi connectivity index (χ3n) is 1.66. The van der Waals surface area contributed by atoms with Gasteiger partial charge in [-0.1, -0.05) is 12.1 Å². The zero-order valence-corrected chi connectivity index (χ0v) is 7.45. The van der Waals surface area contributed by atoms with Crippen molar-refractivity contribution in [2.45, 2.75) is 6.54 Å². The van der Waals surface area contributed by atoms with Crippen molar-refractivity contribution in [1.82, 2.24) is 5.32 Å². The molecule has 0 spiro atoms. The fraction of sp³-hybridized carbons (Fsp3) is 0.111. The monoisotopic (exact) mass is 193 g/mol. The number of aromatic carboxylic acids is 1. The lowest BCUT2D eigenvalue weighted by Gasteiger charge is -2.04. The molecule has 1 rings (SSSR count). The minimum absolute atomic E-state index is 0.134. The minimum atomic E-state index is -0.963. The lowest BCUT2D eigenvalue weighted by atomic mass is 10.1. The lowest BCUT2D eigenvalue weighted by Crippen LogP contribution is -2.29. The zero-order chi connectivity index (χ0) is 10.6. The summed E-state index contributed by atoms with van der Waals surface area (Å²) < 4.78 is 0. The van der Waals surface area contributed by atoms with Crippen molar-refractivity contribution < 1.29 is 9.90 Å². The molecule has 5 N–H and O–H groups in total. The van der Waals surface area contributed by atoms with Crippen LogP contribution in [0.2, 0.25) is 0 Å². The van der Waals surface area contributed by atoms with Gasteiger partial charge < -0.3 is 16.2 Å². The van der Waals surface area contributed by atoms with Crippen LogP contribution in [-0.4, -0.2) is 17.0 Å². The summed E-state index contributed by atoms with van der Waals surface area (Å²) in [5, 5.41) is 18.2. The predicted octanol–water partition coefficient (Wildman–Crippen LogP) is 0.368. The molecule has 1 aromatic rings. The van der Waals surface area contributed by atoms with Crippen molar-refractivity contribution in [3.05, 3.63) is 35.4 Å². The summed E-state index contributed by atoms with van der Waals surface area (Å²) in [6.45, 7) is 0.358. The number of nitrogens with one attached hydrogen (secondary N) is 2. The Balaban J connectivity index is 2.73. The van der Waals surface area contributed by atoms with E-state index in [1.807, 2.05) is 0 Å². The van der Waals surface area contributed by atoms with Crippen LogP contribution in [0.15, 0.2) is 24.3 Å². The molecule has 1 aromatic carbocycles. The van der Waals surface area contributed by atoms with Gasteiger partial charge in [0.2, 0.25) is 0 Å². The average Bonchev–Trinajstić information content (AvgIpc) is 2.15. The Hall–Kier alpha value is -2.04. The maximum absolute atomic E-state index is 10.6. The first-order chi connectivity index (χ1) is 6.59. The minimum Gasteiger partial charge on any atom is -0.478 e. The average molecular weight is 193 g/mol. The van der Waals surface area contributed by atoms with Gasteiger partial charge in [-0.15, -0.1) is 0 Å². The third-order valence-corrected chi connectivity index (χ3v) is 1.66. The van der Waals surface area contributed by atoms with Gasteiger partial charge in [-0.05, 0) is 17.7 Å². The smallest absolute Gasteiger partial charge is 0.335 e. The Morgan fingerprint density at radius 3 is 2.86 bits per heavy atom. The molecule has 0 radical (unpaired) electrons. The Kier molecular flexibility index (Phi) is 3.06. The fourth-order valence-electron chi connectivity index (χ4n) is 1.01. The van der Waals surface area contributed by atoms with Crippen LogP contribution in [0.5, 0.6) is 0 Å². The van der Waals surface area contributed by atoms with Gasteiger partial charge >= 0.3 is 5.97 Å². The van der Waals surface area contributed by atoms with E-state index < -0.39 is 5.97 Å². The van der Waals surface area contributed by atoms with E-state index in [2.05, 4.69) is 5.32 Å². The maximum atomic E-state index is 10.6. The predicted molar refractivity (Wildman–Crippen MR) is 52.2 cm³/mol. The van der Waals surface area contributed by atoms with Crippen LogP contribution in [0.3, 0.4) is 0 Å². The molecule has 0 aromatic heterocycles. The maximum Gasteiger partial charge on any atom is 0.335 e. The fourth-order valence-corrected chi connectivity index (χ4v) is 1.01. The molecule has 74 valence electrons. The van der Waals surface area contributed by atoms with Crippen LogP contribution < -0.4 is 11.1 Å². The highest BCUT2D eigenvalue weighted by Crippen LogP contribution is 2.04. The van der Waals surface area contributed by atoms with E-state index >= 15 is 0 Å². The molecular weight excluding hydrogens is 182 g/mol. The number of carbonyl (C=O) groups is 1. The Morgan fingerprint density at radius 2 is 2.29 bits per heavy atom. The highest BCUT2D eigenvalue weighted by atomic mass is 16.4. The molecule has 0 aliphatic rings. The molecule has 0 bridgehead atoms. The molecule has 14 heavy (non-hydrogen) atoms. The van der Waals surface area contributed by atoms with Crippen molar-refractivity contribution in [2.24, 2.45) is 5.73 Å². The molecule has 0 aliphatic heterocycles. The number of benzene rings is 1. The van der Waals surface area contributed by atoms with E-state index in [4.69, 9.17) is 16.2 Å². The molecule has 0 atom stereocenters. The van der Waals surface area contributed by atoms with Crippen molar-refractivity contribution in [2.75, 3.05) is 0 Å². The lowest BCUT2D eigenvalue weighted by molar-refractivity contribution is 0.0697. The van der Waals surface area contributed by atoms with Crippen LogP contribution in [0.1, 0.15) is 15.9 Å². The van der Waals surface area contributed by atoms with Gasteiger partial charge in [-0.2, -0.15) is 0 Å². The summed E-state index contributed by atoms with van der Waals surface area (Å²) in [5.41, 5.74) is 6.10. The Morgan fingerprint density at radius 1 is 1.57 bits per heavy atom. The number of carboxylic acids is 1. The van der Waals surface area contributed by atoms with E-state index in [9.17, 15) is 4.79 Å². The van der Waals surface area contributed by atoms with Crippen molar-refractivity contribution in [3.63, 3.8) is 0 Å². The van der Waals surface area contributed by atoms with Crippen molar-refractivity contribution in [3.8, 4) is 0 Å². The van der Waals surface area contributed by atoms with E-state index in [-0.39, 0.29) is 11.5 Å². The first kappa shape index (κ1) is 10.0. The van der Waals surface area contributed by atoms with Crippen molar-refractivity contribution in [1.29, 1.82) is 5.41 Å². The highest BCUT2D eigenvalue weighted by molar-refractivity contribution is 5.87. The number of nitrogens with two attached hydrogens (primary N) is 1. The summed E-state index contributed by atoms with van der Waals surface area (Å²) in [6.07, 6.45) is 0. The van der Waals surface area contributed by atoms with Crippen LogP contribution in [-0.2, 0) is 6.54 Å². The third kappa shape index (κ3) is 2.78. The zero-order valence-electron chi connectivity index (χ0n) is 7.45. The summed E-state index contributed by atoms with van der Waals surface area (Å²) in [7, 11) is 0. The molecule has 5 nitrogen and oxygen atoms in total. The molecule has 0 saturated carbocycles. The van der Waals surface area contributed by atoms with Crippen LogP contribution in [0.25, 0.3) is 0 Å². The number of hydrogen-bond donors (Lipinski definition) is 4. The molecular formula is C9H11N3O2. The van der Waals surface area contributed by atoms with Gasteiger partial charge in [0.15, 0.2) is 5.96 Å². The van der Waals surface area contributed by atoms with Gasteiger partial charge in [0.05, 0.1) is 5.56 Å². The van der Waals surface area contributed by atoms with Gasteiger partial charge in [-0.25, -0.2) is 4.79 Å². The molecule has 0 amide bonds. The van der Waals surface area contributed by atoms with Crippen LogP contribution in [0.4, 0.5) is 0 Å². The van der Waals surface area contributed by atoms with Crippen LogP contribution in [0, 0.1) is 5.41 Å². The number of rotatable bonds is 3. The standard InChI is InChI=1S/C9H11N3O2/c10-9(11)12-5-6-2-1-3-7(4-6)8(13)14/h1-4H,5H2,(H,13,14)(H4,10,11,12). The summed E-state index contributed by atoms with van der Waals surface area (Å²) >= 11 is 0. The SMILES string of the molecule is N=C(N)NCc1cccc(C(=O)O)c1. The molecule has 0 heterocycles. The number of hydrogen-bond acceptors (Lipinski definition) is 2. The number of carboxylic acid groups (broad SMARTS) is 1. The second-order valence-corrected chi connectivity index (χ2v) is 2.77. The Labute approximate surface area is 81.1 Å². The normalized spacial score (nSPS) is 9.43. The molecule has 5 heteroatoms. The second-order valence-electron chi connectivity index (χ2n) is 2.77. The first-order valence-electron chi connectivity index (χ1n) is 3.99. The number of guanidine groups is 1. The van der Waals surface area contributed by atoms with Gasteiger partial charge in [0, 0.05) is 6.54 Å². The van der Waals surface area contributed by atoms with E-state index in [0.717, 1.165) is 5.56 Å². The molecule has 0 fully saturated rings. The highest BCUT2D eigenvalue weighted by Gasteiger charge is 2.02. The molecule has 0 saturated heterocycles. The van der Waals surface area contributed by atoms with Crippen LogP contribution >= 0.6 is 0 Å². The largest absolute Gasteiger partial charge is 0.478 e. The van der Waals surface area contributed by atoms with E-state index in [1.165, 1.54) is 12.1 Å². The second kappa shape index (κ2) is 4.27. The first-order valence-corrected chi connectivity index (χ1v) is 3.99. The quantitative estimate of drug-likeness (QED) is 0.411. The van der Waals surface area contributed by atoms with Gasteiger partial charge in [-0.3, -0.25) is 5.41 Å². The van der Waals surface area contributed by atoms with E-state index in [0.29, 0.717) is 6.54 Å². The van der Waals surface area contributed by atoms with Gasteiger partial charge in [0.1, 0.15) is 0 Å². The summed E-state index contributed by atoms with van der Waals surface area (Å²) in [5.74, 6) is -1.10.